The summed E-state index contributed by atoms with van der Waals surface area (Å²) < 4.78 is 2.15. The second kappa shape index (κ2) is 7.21. The zero-order chi connectivity index (χ0) is 21.8. The molecule has 3 aliphatic heterocycles. The number of nitrogens with one attached hydrogen (secondary N) is 1. The second-order valence-electron chi connectivity index (χ2n) is 9.13. The minimum Gasteiger partial charge on any atom is -0.340 e. The van der Waals surface area contributed by atoms with Crippen molar-refractivity contribution in [1.82, 2.24) is 24.7 Å². The average molecular weight is 415 g/mol. The lowest BCUT2D eigenvalue weighted by Gasteiger charge is -2.37. The summed E-state index contributed by atoms with van der Waals surface area (Å²) in [6.07, 6.45) is 3.46. The van der Waals surface area contributed by atoms with Crippen LogP contribution < -0.4 is 10.9 Å². The van der Waals surface area contributed by atoms with Gasteiger partial charge in [-0.15, -0.1) is 0 Å². The van der Waals surface area contributed by atoms with Crippen molar-refractivity contribution in [3.63, 3.8) is 0 Å². The fourth-order valence-electron chi connectivity index (χ4n) is 4.98. The molecule has 0 aliphatic carbocycles. The zero-order valence-corrected chi connectivity index (χ0v) is 18.0. The summed E-state index contributed by atoms with van der Waals surface area (Å²) in [6.45, 7) is 8.57. The predicted molar refractivity (Wildman–Crippen MR) is 109 cm³/mol. The lowest BCUT2D eigenvalue weighted by atomic mass is 9.91. The maximum Gasteiger partial charge on any atom is 0.325 e. The minimum atomic E-state index is -1.01. The third kappa shape index (κ3) is 3.20. The van der Waals surface area contributed by atoms with Gasteiger partial charge < -0.3 is 14.8 Å². The minimum absolute atomic E-state index is 0.0435. The molecule has 2 fully saturated rings. The van der Waals surface area contributed by atoms with Gasteiger partial charge in [0, 0.05) is 43.2 Å². The highest BCUT2D eigenvalue weighted by Gasteiger charge is 2.48. The van der Waals surface area contributed by atoms with E-state index in [2.05, 4.69) is 14.9 Å². The molecule has 4 rings (SSSR count). The maximum absolute atomic E-state index is 13.2. The number of carbonyl (C=O) groups is 3. The van der Waals surface area contributed by atoms with Gasteiger partial charge in [0.05, 0.1) is 0 Å². The number of rotatable bonds is 3. The van der Waals surface area contributed by atoms with Gasteiger partial charge in [-0.2, -0.15) is 4.98 Å². The number of amides is 4. The first-order valence-electron chi connectivity index (χ1n) is 10.7. The first kappa shape index (κ1) is 20.6. The Morgan fingerprint density at radius 3 is 2.60 bits per heavy atom. The van der Waals surface area contributed by atoms with Crippen LogP contribution in [0.2, 0.25) is 0 Å². The number of nitrogens with zero attached hydrogens (tertiary/aromatic N) is 4. The van der Waals surface area contributed by atoms with E-state index >= 15 is 0 Å². The van der Waals surface area contributed by atoms with Crippen molar-refractivity contribution in [1.29, 1.82) is 0 Å². The van der Waals surface area contributed by atoms with Gasteiger partial charge >= 0.3 is 6.03 Å². The molecule has 4 amide bonds. The standard InChI is InChI=1S/C21H29N5O4/c1-12-16(25-10-6-8-15(25)22-17(12)27)14-7-5-9-24(11-14)18(28)13(2)26-19(29)21(3,4)23-20(26)30/h13-14H,5-11H2,1-4H3,(H,23,30)/t13-,14-/m1/s1. The SMILES string of the molecule is Cc1c([C@@H]2CCCN(C(=O)[C@@H](C)N3C(=O)NC(C)(C)C3=O)C2)n2c(nc1=O)CCC2. The van der Waals surface area contributed by atoms with Gasteiger partial charge in [-0.25, -0.2) is 9.69 Å². The third-order valence-electron chi connectivity index (χ3n) is 6.58. The Kier molecular flexibility index (Phi) is 4.94. The van der Waals surface area contributed by atoms with Gasteiger partial charge in [0.2, 0.25) is 5.91 Å². The lowest BCUT2D eigenvalue weighted by molar-refractivity contribution is -0.143. The fourth-order valence-corrected chi connectivity index (χ4v) is 4.98. The molecule has 2 atom stereocenters. The number of hydrogen-bond acceptors (Lipinski definition) is 5. The fraction of sp³-hybridized carbons (Fsp3) is 0.667. The highest BCUT2D eigenvalue weighted by molar-refractivity contribution is 6.09. The Balaban J connectivity index is 1.57. The van der Waals surface area contributed by atoms with E-state index in [9.17, 15) is 19.2 Å². The van der Waals surface area contributed by atoms with E-state index in [1.165, 1.54) is 0 Å². The Labute approximate surface area is 175 Å². The molecular formula is C21H29N5O4. The van der Waals surface area contributed by atoms with Crippen LogP contribution in [0, 0.1) is 6.92 Å². The quantitative estimate of drug-likeness (QED) is 0.740. The Hall–Kier alpha value is -2.71. The third-order valence-corrected chi connectivity index (χ3v) is 6.58. The van der Waals surface area contributed by atoms with Gasteiger partial charge in [-0.3, -0.25) is 14.4 Å². The largest absolute Gasteiger partial charge is 0.340 e. The molecule has 1 aromatic heterocycles. The highest BCUT2D eigenvalue weighted by Crippen LogP contribution is 2.31. The van der Waals surface area contributed by atoms with Gasteiger partial charge in [-0.1, -0.05) is 0 Å². The molecule has 0 saturated carbocycles. The predicted octanol–water partition coefficient (Wildman–Crippen LogP) is 0.923. The van der Waals surface area contributed by atoms with Crippen LogP contribution in [0.25, 0.3) is 0 Å². The van der Waals surface area contributed by atoms with Crippen LogP contribution in [-0.2, 0) is 22.6 Å². The van der Waals surface area contributed by atoms with Crippen molar-refractivity contribution in [2.45, 2.75) is 77.4 Å². The van der Waals surface area contributed by atoms with Crippen molar-refractivity contribution in [3.8, 4) is 0 Å². The molecule has 9 heteroatoms. The van der Waals surface area contributed by atoms with Gasteiger partial charge in [0.1, 0.15) is 17.4 Å². The Morgan fingerprint density at radius 1 is 1.20 bits per heavy atom. The molecule has 0 unspecified atom stereocenters. The number of aryl methyl sites for hydroxylation is 1. The van der Waals surface area contributed by atoms with Gasteiger partial charge in [-0.05, 0) is 47.0 Å². The van der Waals surface area contributed by atoms with Crippen LogP contribution in [0.3, 0.4) is 0 Å². The molecule has 0 bridgehead atoms. The van der Waals surface area contributed by atoms with Crippen molar-refractivity contribution < 1.29 is 14.4 Å². The molecule has 4 heterocycles. The van der Waals surface area contributed by atoms with E-state index in [-0.39, 0.29) is 17.4 Å². The van der Waals surface area contributed by atoms with Crippen LogP contribution >= 0.6 is 0 Å². The summed E-state index contributed by atoms with van der Waals surface area (Å²) in [7, 11) is 0. The molecular weight excluding hydrogens is 386 g/mol. The van der Waals surface area contributed by atoms with E-state index in [0.717, 1.165) is 48.6 Å². The van der Waals surface area contributed by atoms with Crippen molar-refractivity contribution in [3.05, 3.63) is 27.4 Å². The number of likely N-dealkylation sites (tertiary alicyclic amines) is 1. The summed E-state index contributed by atoms with van der Waals surface area (Å²) in [5.74, 6) is 0.244. The van der Waals surface area contributed by atoms with E-state index in [4.69, 9.17) is 0 Å². The van der Waals surface area contributed by atoms with Crippen LogP contribution in [0.1, 0.15) is 63.0 Å². The molecule has 3 aliphatic rings. The Morgan fingerprint density at radius 2 is 1.93 bits per heavy atom. The molecule has 9 nitrogen and oxygen atoms in total. The Bertz CT molecular complexity index is 982. The topological polar surface area (TPSA) is 105 Å². The van der Waals surface area contributed by atoms with E-state index in [1.807, 2.05) is 6.92 Å². The number of carbonyl (C=O) groups excluding carboxylic acids is 3. The van der Waals surface area contributed by atoms with Crippen molar-refractivity contribution in [2.75, 3.05) is 13.1 Å². The molecule has 30 heavy (non-hydrogen) atoms. The van der Waals surface area contributed by atoms with Crippen LogP contribution in [0.5, 0.6) is 0 Å². The van der Waals surface area contributed by atoms with E-state index in [0.29, 0.717) is 18.7 Å². The molecule has 0 radical (unpaired) electrons. The smallest absolute Gasteiger partial charge is 0.325 e. The maximum atomic E-state index is 13.2. The molecule has 0 aromatic carbocycles. The monoisotopic (exact) mass is 415 g/mol. The van der Waals surface area contributed by atoms with E-state index in [1.54, 1.807) is 25.7 Å². The number of aromatic nitrogens is 2. The second-order valence-corrected chi connectivity index (χ2v) is 9.13. The summed E-state index contributed by atoms with van der Waals surface area (Å²) in [4.78, 5) is 57.5. The average Bonchev–Trinajstić information content (AvgIpc) is 3.23. The van der Waals surface area contributed by atoms with Crippen molar-refractivity contribution >= 4 is 17.8 Å². The molecule has 0 spiro atoms. The van der Waals surface area contributed by atoms with Crippen molar-refractivity contribution in [2.24, 2.45) is 0 Å². The highest BCUT2D eigenvalue weighted by atomic mass is 16.2. The number of fused-ring (bicyclic) bond motifs is 1. The normalized spacial score (nSPS) is 24.1. The molecule has 162 valence electrons. The van der Waals surface area contributed by atoms with E-state index < -0.39 is 23.5 Å². The number of piperidine rings is 1. The summed E-state index contributed by atoms with van der Waals surface area (Å²) in [6, 6.07) is -1.40. The van der Waals surface area contributed by atoms with Crippen LogP contribution in [-0.4, -0.2) is 61.9 Å². The molecule has 2 saturated heterocycles. The summed E-state index contributed by atoms with van der Waals surface area (Å²) in [5.41, 5.74) is 0.454. The summed E-state index contributed by atoms with van der Waals surface area (Å²) in [5, 5.41) is 2.63. The number of urea groups is 1. The lowest BCUT2D eigenvalue weighted by Crippen LogP contribution is -2.52. The first-order chi connectivity index (χ1) is 14.1. The van der Waals surface area contributed by atoms with Gasteiger partial charge in [0.25, 0.3) is 11.5 Å². The van der Waals surface area contributed by atoms with Crippen LogP contribution in [0.15, 0.2) is 4.79 Å². The number of imide groups is 1. The molecule has 1 aromatic rings. The number of hydrogen-bond donors (Lipinski definition) is 1. The molecule has 1 N–H and O–H groups in total. The summed E-state index contributed by atoms with van der Waals surface area (Å²) >= 11 is 0. The van der Waals surface area contributed by atoms with Crippen LogP contribution in [0.4, 0.5) is 4.79 Å². The zero-order valence-electron chi connectivity index (χ0n) is 18.0. The first-order valence-corrected chi connectivity index (χ1v) is 10.7. The van der Waals surface area contributed by atoms with Gasteiger partial charge in [0.15, 0.2) is 0 Å².